The van der Waals surface area contributed by atoms with Crippen LogP contribution in [0.3, 0.4) is 0 Å². The minimum Gasteiger partial charge on any atom is -0.294 e. The van der Waals surface area contributed by atoms with E-state index in [-0.39, 0.29) is 5.78 Å². The van der Waals surface area contributed by atoms with Crippen LogP contribution in [-0.2, 0) is 6.42 Å². The van der Waals surface area contributed by atoms with E-state index >= 15 is 0 Å². The molecule has 0 saturated heterocycles. The Morgan fingerprint density at radius 2 is 1.83 bits per heavy atom. The van der Waals surface area contributed by atoms with Gasteiger partial charge in [0.25, 0.3) is 0 Å². The molecule has 0 radical (unpaired) electrons. The van der Waals surface area contributed by atoms with Crippen LogP contribution in [0, 0.1) is 0 Å². The fourth-order valence-corrected chi connectivity index (χ4v) is 2.30. The quantitative estimate of drug-likeness (QED) is 0.588. The molecule has 18 heavy (non-hydrogen) atoms. The lowest BCUT2D eigenvalue weighted by molar-refractivity contribution is 0.0982. The van der Waals surface area contributed by atoms with E-state index in [0.29, 0.717) is 6.42 Å². The van der Waals surface area contributed by atoms with Gasteiger partial charge in [0.1, 0.15) is 0 Å². The Hall–Kier alpha value is -1.54. The standard InChI is InChI=1S/C16H16OS/c1-18-15-9-5-8-14(12-15)16(17)11-10-13-6-3-2-4-7-13/h2-9,12H,10-11H2,1H3. The van der Waals surface area contributed by atoms with Crippen LogP contribution in [0.2, 0.25) is 0 Å². The molecule has 92 valence electrons. The van der Waals surface area contributed by atoms with E-state index in [2.05, 4.69) is 12.1 Å². The van der Waals surface area contributed by atoms with Crippen LogP contribution >= 0.6 is 11.8 Å². The van der Waals surface area contributed by atoms with Crippen LogP contribution in [-0.4, -0.2) is 12.0 Å². The van der Waals surface area contributed by atoms with Crippen molar-refractivity contribution in [3.05, 3.63) is 65.7 Å². The molecule has 2 aromatic carbocycles. The monoisotopic (exact) mass is 256 g/mol. The lowest BCUT2D eigenvalue weighted by atomic mass is 10.0. The number of Topliss-reactive ketones (excluding diaryl/α,β-unsaturated/α-hetero) is 1. The van der Waals surface area contributed by atoms with Gasteiger partial charge >= 0.3 is 0 Å². The molecule has 2 heteroatoms. The van der Waals surface area contributed by atoms with Crippen molar-refractivity contribution in [2.45, 2.75) is 17.7 Å². The summed E-state index contributed by atoms with van der Waals surface area (Å²) in [6.07, 6.45) is 3.40. The molecule has 0 unspecified atom stereocenters. The van der Waals surface area contributed by atoms with Gasteiger partial charge in [-0.2, -0.15) is 0 Å². The molecule has 0 spiro atoms. The third-order valence-electron chi connectivity index (χ3n) is 2.88. The van der Waals surface area contributed by atoms with Gasteiger partial charge in [-0.15, -0.1) is 11.8 Å². The molecule has 0 aromatic heterocycles. The van der Waals surface area contributed by atoms with Crippen LogP contribution in [0.1, 0.15) is 22.3 Å². The average Bonchev–Trinajstić information content (AvgIpc) is 2.46. The predicted molar refractivity (Wildman–Crippen MR) is 77.3 cm³/mol. The van der Waals surface area contributed by atoms with E-state index in [1.165, 1.54) is 5.56 Å². The number of benzene rings is 2. The first-order valence-corrected chi connectivity index (χ1v) is 7.23. The normalized spacial score (nSPS) is 10.3. The Balaban J connectivity index is 1.99. The molecule has 0 fully saturated rings. The van der Waals surface area contributed by atoms with E-state index in [4.69, 9.17) is 0 Å². The highest BCUT2D eigenvalue weighted by Gasteiger charge is 2.06. The van der Waals surface area contributed by atoms with Gasteiger partial charge in [0, 0.05) is 16.9 Å². The molecule has 0 aliphatic carbocycles. The van der Waals surface area contributed by atoms with Crippen molar-refractivity contribution in [1.29, 1.82) is 0 Å². The topological polar surface area (TPSA) is 17.1 Å². The van der Waals surface area contributed by atoms with Crippen molar-refractivity contribution in [2.24, 2.45) is 0 Å². The fraction of sp³-hybridized carbons (Fsp3) is 0.188. The van der Waals surface area contributed by atoms with E-state index in [1.54, 1.807) is 11.8 Å². The first-order valence-electron chi connectivity index (χ1n) is 6.01. The van der Waals surface area contributed by atoms with Crippen molar-refractivity contribution in [1.82, 2.24) is 0 Å². The van der Waals surface area contributed by atoms with Crippen LogP contribution < -0.4 is 0 Å². The highest BCUT2D eigenvalue weighted by Crippen LogP contribution is 2.17. The summed E-state index contributed by atoms with van der Waals surface area (Å²) in [5, 5.41) is 0. The first kappa shape index (κ1) is 12.9. The molecule has 2 rings (SSSR count). The van der Waals surface area contributed by atoms with Gasteiger partial charge in [0.15, 0.2) is 5.78 Å². The number of hydrogen-bond acceptors (Lipinski definition) is 2. The molecule has 1 nitrogen and oxygen atoms in total. The highest BCUT2D eigenvalue weighted by atomic mass is 32.2. The summed E-state index contributed by atoms with van der Waals surface area (Å²) in [4.78, 5) is 13.2. The Morgan fingerprint density at radius 1 is 1.06 bits per heavy atom. The number of ketones is 1. The molecule has 2 aromatic rings. The van der Waals surface area contributed by atoms with Crippen molar-refractivity contribution >= 4 is 17.5 Å². The van der Waals surface area contributed by atoms with Crippen molar-refractivity contribution in [2.75, 3.05) is 6.26 Å². The smallest absolute Gasteiger partial charge is 0.163 e. The fourth-order valence-electron chi connectivity index (χ4n) is 1.84. The van der Waals surface area contributed by atoms with Crippen LogP contribution in [0.5, 0.6) is 0 Å². The Labute approximate surface area is 112 Å². The molecular weight excluding hydrogens is 240 g/mol. The molecule has 0 aliphatic rings. The zero-order valence-corrected chi connectivity index (χ0v) is 11.2. The van der Waals surface area contributed by atoms with E-state index in [0.717, 1.165) is 16.9 Å². The van der Waals surface area contributed by atoms with Crippen molar-refractivity contribution in [3.63, 3.8) is 0 Å². The molecular formula is C16H16OS. The predicted octanol–water partition coefficient (Wildman–Crippen LogP) is 4.22. The summed E-state index contributed by atoms with van der Waals surface area (Å²) in [5.41, 5.74) is 2.03. The van der Waals surface area contributed by atoms with E-state index in [1.807, 2.05) is 48.7 Å². The third-order valence-corrected chi connectivity index (χ3v) is 3.60. The second-order valence-corrected chi connectivity index (χ2v) is 5.02. The summed E-state index contributed by atoms with van der Waals surface area (Å²) in [7, 11) is 0. The van der Waals surface area contributed by atoms with Crippen LogP contribution in [0.25, 0.3) is 0 Å². The zero-order valence-electron chi connectivity index (χ0n) is 10.4. The van der Waals surface area contributed by atoms with Gasteiger partial charge in [0.2, 0.25) is 0 Å². The molecule has 0 saturated carbocycles. The Bertz CT molecular complexity index is 520. The summed E-state index contributed by atoms with van der Waals surface area (Å²) < 4.78 is 0. The van der Waals surface area contributed by atoms with Gasteiger partial charge in [-0.3, -0.25) is 4.79 Å². The largest absolute Gasteiger partial charge is 0.294 e. The molecule has 0 amide bonds. The number of aryl methyl sites for hydroxylation is 1. The van der Waals surface area contributed by atoms with Crippen LogP contribution in [0.15, 0.2) is 59.5 Å². The summed E-state index contributed by atoms with van der Waals surface area (Å²) in [6.45, 7) is 0. The van der Waals surface area contributed by atoms with Gasteiger partial charge < -0.3 is 0 Å². The van der Waals surface area contributed by atoms with Crippen molar-refractivity contribution in [3.8, 4) is 0 Å². The summed E-state index contributed by atoms with van der Waals surface area (Å²) in [6, 6.07) is 18.0. The Morgan fingerprint density at radius 3 is 2.56 bits per heavy atom. The van der Waals surface area contributed by atoms with E-state index in [9.17, 15) is 4.79 Å². The molecule has 0 heterocycles. The lowest BCUT2D eigenvalue weighted by Crippen LogP contribution is -2.01. The zero-order chi connectivity index (χ0) is 12.8. The maximum Gasteiger partial charge on any atom is 0.163 e. The average molecular weight is 256 g/mol. The molecule has 0 atom stereocenters. The second kappa shape index (κ2) is 6.41. The van der Waals surface area contributed by atoms with Gasteiger partial charge in [-0.25, -0.2) is 0 Å². The Kier molecular flexibility index (Phi) is 4.59. The lowest BCUT2D eigenvalue weighted by Gasteiger charge is -2.03. The third kappa shape index (κ3) is 3.47. The number of carbonyl (C=O) groups is 1. The molecule has 0 aliphatic heterocycles. The van der Waals surface area contributed by atoms with Crippen molar-refractivity contribution < 1.29 is 4.79 Å². The number of rotatable bonds is 5. The van der Waals surface area contributed by atoms with Gasteiger partial charge in [-0.05, 0) is 30.4 Å². The molecule has 0 N–H and O–H groups in total. The first-order chi connectivity index (χ1) is 8.79. The number of carbonyl (C=O) groups excluding carboxylic acids is 1. The second-order valence-electron chi connectivity index (χ2n) is 4.14. The summed E-state index contributed by atoms with van der Waals surface area (Å²) in [5.74, 6) is 0.217. The van der Waals surface area contributed by atoms with Crippen LogP contribution in [0.4, 0.5) is 0 Å². The van der Waals surface area contributed by atoms with Gasteiger partial charge in [0.05, 0.1) is 0 Å². The SMILES string of the molecule is CSc1cccc(C(=O)CCc2ccccc2)c1. The maximum absolute atomic E-state index is 12.1. The minimum absolute atomic E-state index is 0.217. The number of hydrogen-bond donors (Lipinski definition) is 0. The highest BCUT2D eigenvalue weighted by molar-refractivity contribution is 7.98. The number of thioether (sulfide) groups is 1. The maximum atomic E-state index is 12.1. The minimum atomic E-state index is 0.217. The molecule has 0 bridgehead atoms. The summed E-state index contributed by atoms with van der Waals surface area (Å²) >= 11 is 1.66. The van der Waals surface area contributed by atoms with Gasteiger partial charge in [-0.1, -0.05) is 42.5 Å². The van der Waals surface area contributed by atoms with E-state index < -0.39 is 0 Å².